The topological polar surface area (TPSA) is 23.9 Å². The molecule has 0 saturated heterocycles. The molecule has 16 heavy (non-hydrogen) atoms. The fraction of sp³-hybridized carbons (Fsp3) is 0.933. The van der Waals surface area contributed by atoms with E-state index in [1.165, 1.54) is 38.5 Å². The van der Waals surface area contributed by atoms with Gasteiger partial charge in [-0.25, -0.2) is 0 Å². The van der Waals surface area contributed by atoms with Crippen molar-refractivity contribution in [1.29, 1.82) is 5.41 Å². The Morgan fingerprint density at radius 3 is 2.44 bits per heavy atom. The Kier molecular flexibility index (Phi) is 2.92. The first-order valence-electron chi connectivity index (χ1n) is 6.90. The summed E-state index contributed by atoms with van der Waals surface area (Å²) in [5.41, 5.74) is 1.98. The maximum absolute atomic E-state index is 7.88. The Labute approximate surface area is 101 Å². The molecule has 2 aliphatic rings. The van der Waals surface area contributed by atoms with E-state index in [4.69, 9.17) is 5.41 Å². The number of rotatable bonds is 1. The Morgan fingerprint density at radius 2 is 1.81 bits per heavy atom. The molecule has 2 rings (SSSR count). The summed E-state index contributed by atoms with van der Waals surface area (Å²) in [7, 11) is 0. The summed E-state index contributed by atoms with van der Waals surface area (Å²) in [6.45, 7) is 9.43. The monoisotopic (exact) mass is 221 g/mol. The predicted molar refractivity (Wildman–Crippen MR) is 70.0 cm³/mol. The maximum atomic E-state index is 7.88. The van der Waals surface area contributed by atoms with Gasteiger partial charge >= 0.3 is 0 Å². The second kappa shape index (κ2) is 3.85. The predicted octanol–water partition coefficient (Wildman–Crippen LogP) is 4.66. The third-order valence-electron chi connectivity index (χ3n) is 5.48. The van der Waals surface area contributed by atoms with E-state index < -0.39 is 0 Å². The van der Waals surface area contributed by atoms with Gasteiger partial charge in [-0.3, -0.25) is 0 Å². The van der Waals surface area contributed by atoms with Crippen molar-refractivity contribution >= 4 is 5.71 Å². The molecule has 92 valence electrons. The van der Waals surface area contributed by atoms with E-state index in [1.807, 2.05) is 6.92 Å². The molecule has 0 amide bonds. The number of hydrogen-bond acceptors (Lipinski definition) is 1. The van der Waals surface area contributed by atoms with E-state index in [-0.39, 0.29) is 0 Å². The summed E-state index contributed by atoms with van der Waals surface area (Å²) >= 11 is 0. The van der Waals surface area contributed by atoms with Gasteiger partial charge in [-0.15, -0.1) is 0 Å². The van der Waals surface area contributed by atoms with Gasteiger partial charge in [0.2, 0.25) is 0 Å². The highest BCUT2D eigenvalue weighted by Gasteiger charge is 2.49. The van der Waals surface area contributed by atoms with Crippen molar-refractivity contribution in [2.24, 2.45) is 22.7 Å². The van der Waals surface area contributed by atoms with E-state index in [2.05, 4.69) is 20.8 Å². The molecule has 0 heterocycles. The van der Waals surface area contributed by atoms with Crippen LogP contribution in [0, 0.1) is 28.1 Å². The van der Waals surface area contributed by atoms with Crippen LogP contribution in [0.3, 0.4) is 0 Å². The standard InChI is InChI=1S/C15H27N/c1-11(16)12-6-7-13-14(2,3)8-5-9-15(13,4)10-12/h12-13,16H,5-10H2,1-4H3. The lowest BCUT2D eigenvalue weighted by molar-refractivity contribution is -0.0403. The molecule has 0 aliphatic heterocycles. The molecular formula is C15H27N. The van der Waals surface area contributed by atoms with Gasteiger partial charge in [0.1, 0.15) is 0 Å². The van der Waals surface area contributed by atoms with Crippen molar-refractivity contribution in [3.8, 4) is 0 Å². The second-order valence-electron chi connectivity index (χ2n) is 7.21. The average Bonchev–Trinajstić information content (AvgIpc) is 2.15. The van der Waals surface area contributed by atoms with Crippen molar-refractivity contribution in [1.82, 2.24) is 0 Å². The Balaban J connectivity index is 2.19. The van der Waals surface area contributed by atoms with Gasteiger partial charge in [-0.05, 0) is 61.7 Å². The highest BCUT2D eigenvalue weighted by atomic mass is 14.6. The van der Waals surface area contributed by atoms with Crippen LogP contribution in [0.4, 0.5) is 0 Å². The van der Waals surface area contributed by atoms with Gasteiger partial charge in [0, 0.05) is 5.71 Å². The minimum Gasteiger partial charge on any atom is -0.310 e. The van der Waals surface area contributed by atoms with Gasteiger partial charge in [0.05, 0.1) is 0 Å². The molecule has 1 N–H and O–H groups in total. The maximum Gasteiger partial charge on any atom is 0.00893 e. The molecule has 1 nitrogen and oxygen atoms in total. The van der Waals surface area contributed by atoms with Gasteiger partial charge in [0.25, 0.3) is 0 Å². The molecule has 0 aromatic rings. The van der Waals surface area contributed by atoms with Gasteiger partial charge < -0.3 is 5.41 Å². The van der Waals surface area contributed by atoms with Crippen molar-refractivity contribution in [3.05, 3.63) is 0 Å². The van der Waals surface area contributed by atoms with Gasteiger partial charge in [0.15, 0.2) is 0 Å². The highest BCUT2D eigenvalue weighted by molar-refractivity contribution is 5.81. The van der Waals surface area contributed by atoms with Crippen LogP contribution in [-0.4, -0.2) is 5.71 Å². The highest BCUT2D eigenvalue weighted by Crippen LogP contribution is 2.58. The Morgan fingerprint density at radius 1 is 1.12 bits per heavy atom. The summed E-state index contributed by atoms with van der Waals surface area (Å²) in [6, 6.07) is 0. The summed E-state index contributed by atoms with van der Waals surface area (Å²) < 4.78 is 0. The number of hydrogen-bond donors (Lipinski definition) is 1. The van der Waals surface area contributed by atoms with Crippen molar-refractivity contribution in [2.45, 2.75) is 66.2 Å². The fourth-order valence-electron chi connectivity index (χ4n) is 4.63. The van der Waals surface area contributed by atoms with Crippen LogP contribution in [-0.2, 0) is 0 Å². The average molecular weight is 221 g/mol. The molecule has 2 fully saturated rings. The molecule has 0 aromatic carbocycles. The second-order valence-corrected chi connectivity index (χ2v) is 7.21. The van der Waals surface area contributed by atoms with Crippen LogP contribution in [0.5, 0.6) is 0 Å². The van der Waals surface area contributed by atoms with Crippen LogP contribution in [0.15, 0.2) is 0 Å². The number of fused-ring (bicyclic) bond motifs is 1. The molecule has 2 saturated carbocycles. The molecule has 1 heteroatoms. The summed E-state index contributed by atoms with van der Waals surface area (Å²) in [6.07, 6.45) is 8.08. The minimum atomic E-state index is 0.521. The summed E-state index contributed by atoms with van der Waals surface area (Å²) in [5.74, 6) is 1.47. The molecule has 3 atom stereocenters. The summed E-state index contributed by atoms with van der Waals surface area (Å²) in [5, 5.41) is 7.88. The SMILES string of the molecule is CC(=N)C1CCC2C(C)(C)CCCC2(C)C1. The minimum absolute atomic E-state index is 0.521. The Bertz CT molecular complexity index is 292. The lowest BCUT2D eigenvalue weighted by Gasteiger charge is -2.55. The first-order chi connectivity index (χ1) is 7.35. The molecular weight excluding hydrogens is 194 g/mol. The molecule has 0 spiro atoms. The molecule has 0 aromatic heterocycles. The van der Waals surface area contributed by atoms with E-state index >= 15 is 0 Å². The largest absolute Gasteiger partial charge is 0.310 e. The Hall–Kier alpha value is -0.330. The van der Waals surface area contributed by atoms with Crippen molar-refractivity contribution < 1.29 is 0 Å². The van der Waals surface area contributed by atoms with E-state index in [1.54, 1.807) is 0 Å². The normalized spacial score (nSPS) is 42.5. The van der Waals surface area contributed by atoms with Gasteiger partial charge in [-0.2, -0.15) is 0 Å². The van der Waals surface area contributed by atoms with Crippen LogP contribution in [0.25, 0.3) is 0 Å². The zero-order valence-corrected chi connectivity index (χ0v) is 11.4. The summed E-state index contributed by atoms with van der Waals surface area (Å²) in [4.78, 5) is 0. The van der Waals surface area contributed by atoms with Crippen LogP contribution in [0.1, 0.15) is 66.2 Å². The van der Waals surface area contributed by atoms with E-state index in [9.17, 15) is 0 Å². The first-order valence-corrected chi connectivity index (χ1v) is 6.90. The van der Waals surface area contributed by atoms with Crippen LogP contribution in [0.2, 0.25) is 0 Å². The van der Waals surface area contributed by atoms with Gasteiger partial charge in [-0.1, -0.05) is 27.2 Å². The molecule has 2 aliphatic carbocycles. The third kappa shape index (κ3) is 1.94. The molecule has 0 bridgehead atoms. The quantitative estimate of drug-likeness (QED) is 0.623. The zero-order chi connectivity index (χ0) is 12.0. The zero-order valence-electron chi connectivity index (χ0n) is 11.4. The third-order valence-corrected chi connectivity index (χ3v) is 5.48. The van der Waals surface area contributed by atoms with Crippen LogP contribution >= 0.6 is 0 Å². The van der Waals surface area contributed by atoms with E-state index in [0.717, 1.165) is 11.6 Å². The molecule has 3 unspecified atom stereocenters. The smallest absolute Gasteiger partial charge is 0.00893 e. The van der Waals surface area contributed by atoms with Crippen LogP contribution < -0.4 is 0 Å². The fourth-order valence-corrected chi connectivity index (χ4v) is 4.63. The molecule has 0 radical (unpaired) electrons. The number of nitrogens with one attached hydrogen (secondary N) is 1. The van der Waals surface area contributed by atoms with E-state index in [0.29, 0.717) is 16.7 Å². The first kappa shape index (κ1) is 12.1. The lowest BCUT2D eigenvalue weighted by atomic mass is 9.50. The lowest BCUT2D eigenvalue weighted by Crippen LogP contribution is -2.46. The van der Waals surface area contributed by atoms with Crippen molar-refractivity contribution in [2.75, 3.05) is 0 Å². The van der Waals surface area contributed by atoms with Crippen molar-refractivity contribution in [3.63, 3.8) is 0 Å².